The summed E-state index contributed by atoms with van der Waals surface area (Å²) >= 11 is 6.21. The summed E-state index contributed by atoms with van der Waals surface area (Å²) < 4.78 is 5.55. The zero-order valence-corrected chi connectivity index (χ0v) is 14.8. The average Bonchev–Trinajstić information content (AvgIpc) is 2.43. The maximum Gasteiger partial charge on any atom is 0.122 e. The van der Waals surface area contributed by atoms with Crippen molar-refractivity contribution >= 4 is 11.6 Å². The third kappa shape index (κ3) is 5.88. The van der Waals surface area contributed by atoms with Crippen molar-refractivity contribution in [3.8, 4) is 5.75 Å². The van der Waals surface area contributed by atoms with Gasteiger partial charge < -0.3 is 10.1 Å². The molecule has 1 N–H and O–H groups in total. The summed E-state index contributed by atoms with van der Waals surface area (Å²) in [4.78, 5) is 0. The number of hydrogen-bond acceptors (Lipinski definition) is 2. The lowest BCUT2D eigenvalue weighted by molar-refractivity contribution is 0.366. The minimum atomic E-state index is 0.428. The molecule has 2 unspecified atom stereocenters. The van der Waals surface area contributed by atoms with Crippen molar-refractivity contribution in [2.45, 2.75) is 46.5 Å². The lowest BCUT2D eigenvalue weighted by atomic mass is 9.84. The zero-order valence-electron chi connectivity index (χ0n) is 14.1. The Labute approximate surface area is 135 Å². The molecule has 0 aromatic heterocycles. The number of benzene rings is 1. The predicted octanol–water partition coefficient (Wildman–Crippen LogP) is 5.11. The Morgan fingerprint density at radius 1 is 1.19 bits per heavy atom. The monoisotopic (exact) mass is 311 g/mol. The summed E-state index contributed by atoms with van der Waals surface area (Å²) in [6.45, 7) is 11.0. The molecule has 1 aromatic rings. The second-order valence-corrected chi connectivity index (χ2v) is 6.75. The molecule has 3 heteroatoms. The SMILES string of the molecule is CCCC(C)C(CNCC(C)C)c1cc(Cl)ccc1OC. The fraction of sp³-hybridized carbons (Fsp3) is 0.667. The number of methoxy groups -OCH3 is 1. The van der Waals surface area contributed by atoms with Crippen LogP contribution in [0, 0.1) is 11.8 Å². The highest BCUT2D eigenvalue weighted by Crippen LogP contribution is 2.35. The van der Waals surface area contributed by atoms with Crippen LogP contribution >= 0.6 is 11.6 Å². The second-order valence-electron chi connectivity index (χ2n) is 6.31. The van der Waals surface area contributed by atoms with Crippen molar-refractivity contribution < 1.29 is 4.74 Å². The predicted molar refractivity (Wildman–Crippen MR) is 92.5 cm³/mol. The van der Waals surface area contributed by atoms with Crippen LogP contribution in [0.1, 0.15) is 52.0 Å². The number of halogens is 1. The molecule has 1 aromatic carbocycles. The van der Waals surface area contributed by atoms with Gasteiger partial charge in [-0.1, -0.05) is 52.1 Å². The van der Waals surface area contributed by atoms with Gasteiger partial charge >= 0.3 is 0 Å². The molecule has 0 amide bonds. The van der Waals surface area contributed by atoms with Crippen LogP contribution in [0.5, 0.6) is 5.75 Å². The topological polar surface area (TPSA) is 21.3 Å². The van der Waals surface area contributed by atoms with Crippen molar-refractivity contribution in [1.82, 2.24) is 5.32 Å². The van der Waals surface area contributed by atoms with E-state index in [0.717, 1.165) is 23.9 Å². The maximum atomic E-state index is 6.21. The Hall–Kier alpha value is -0.730. The van der Waals surface area contributed by atoms with Gasteiger partial charge in [0.15, 0.2) is 0 Å². The van der Waals surface area contributed by atoms with Crippen LogP contribution in [0.15, 0.2) is 18.2 Å². The van der Waals surface area contributed by atoms with Gasteiger partial charge in [-0.25, -0.2) is 0 Å². The van der Waals surface area contributed by atoms with Crippen molar-refractivity contribution in [2.75, 3.05) is 20.2 Å². The van der Waals surface area contributed by atoms with Crippen LogP contribution < -0.4 is 10.1 Å². The van der Waals surface area contributed by atoms with Crippen LogP contribution in [0.25, 0.3) is 0 Å². The quantitative estimate of drug-likeness (QED) is 0.684. The van der Waals surface area contributed by atoms with Gasteiger partial charge in [-0.05, 0) is 36.6 Å². The normalized spacial score (nSPS) is 14.2. The van der Waals surface area contributed by atoms with Gasteiger partial charge in [-0.3, -0.25) is 0 Å². The molecule has 0 heterocycles. The third-order valence-electron chi connectivity index (χ3n) is 3.94. The summed E-state index contributed by atoms with van der Waals surface area (Å²) in [5.41, 5.74) is 1.22. The fourth-order valence-electron chi connectivity index (χ4n) is 2.80. The maximum absolute atomic E-state index is 6.21. The number of ether oxygens (including phenoxy) is 1. The van der Waals surface area contributed by atoms with Crippen molar-refractivity contribution in [2.24, 2.45) is 11.8 Å². The minimum Gasteiger partial charge on any atom is -0.496 e. The lowest BCUT2D eigenvalue weighted by Gasteiger charge is -2.27. The first-order valence-electron chi connectivity index (χ1n) is 8.03. The number of hydrogen-bond donors (Lipinski definition) is 1. The highest BCUT2D eigenvalue weighted by Gasteiger charge is 2.22. The van der Waals surface area contributed by atoms with E-state index in [0.29, 0.717) is 17.8 Å². The lowest BCUT2D eigenvalue weighted by Crippen LogP contribution is -2.28. The van der Waals surface area contributed by atoms with Crippen LogP contribution in [0.2, 0.25) is 5.02 Å². The Morgan fingerprint density at radius 3 is 2.48 bits per heavy atom. The van der Waals surface area contributed by atoms with E-state index >= 15 is 0 Å². The number of nitrogens with one attached hydrogen (secondary N) is 1. The summed E-state index contributed by atoms with van der Waals surface area (Å²) in [7, 11) is 1.73. The first kappa shape index (κ1) is 18.3. The molecule has 0 aliphatic carbocycles. The molecular formula is C18H30ClNO. The number of rotatable bonds is 9. The van der Waals surface area contributed by atoms with Crippen molar-refractivity contribution in [1.29, 1.82) is 0 Å². The Bertz CT molecular complexity index is 420. The van der Waals surface area contributed by atoms with Crippen molar-refractivity contribution in [3.05, 3.63) is 28.8 Å². The van der Waals surface area contributed by atoms with Gasteiger partial charge in [0.1, 0.15) is 5.75 Å². The van der Waals surface area contributed by atoms with Crippen LogP contribution in [-0.2, 0) is 0 Å². The fourth-order valence-corrected chi connectivity index (χ4v) is 2.98. The van der Waals surface area contributed by atoms with Gasteiger partial charge in [0.25, 0.3) is 0 Å². The molecule has 2 nitrogen and oxygen atoms in total. The molecule has 120 valence electrons. The smallest absolute Gasteiger partial charge is 0.122 e. The molecule has 0 saturated carbocycles. The largest absolute Gasteiger partial charge is 0.496 e. The summed E-state index contributed by atoms with van der Waals surface area (Å²) in [5, 5.41) is 4.38. The zero-order chi connectivity index (χ0) is 15.8. The van der Waals surface area contributed by atoms with Gasteiger partial charge in [0.05, 0.1) is 7.11 Å². The summed E-state index contributed by atoms with van der Waals surface area (Å²) in [6.07, 6.45) is 2.41. The average molecular weight is 312 g/mol. The van der Waals surface area contributed by atoms with Gasteiger partial charge in [0.2, 0.25) is 0 Å². The van der Waals surface area contributed by atoms with Crippen LogP contribution in [0.3, 0.4) is 0 Å². The molecule has 0 saturated heterocycles. The first-order valence-corrected chi connectivity index (χ1v) is 8.41. The molecule has 1 rings (SSSR count). The molecule has 21 heavy (non-hydrogen) atoms. The first-order chi connectivity index (χ1) is 9.99. The van der Waals surface area contributed by atoms with Crippen LogP contribution in [-0.4, -0.2) is 20.2 Å². The summed E-state index contributed by atoms with van der Waals surface area (Å²) in [6, 6.07) is 5.94. The van der Waals surface area contributed by atoms with Gasteiger partial charge in [-0.15, -0.1) is 0 Å². The van der Waals surface area contributed by atoms with E-state index in [9.17, 15) is 0 Å². The van der Waals surface area contributed by atoms with Gasteiger partial charge in [-0.2, -0.15) is 0 Å². The van der Waals surface area contributed by atoms with E-state index < -0.39 is 0 Å². The standard InChI is InChI=1S/C18H30ClNO/c1-6-7-14(4)17(12-20-11-13(2)3)16-10-15(19)8-9-18(16)21-5/h8-10,13-14,17,20H,6-7,11-12H2,1-5H3. The molecule has 0 bridgehead atoms. The molecule has 0 aliphatic heterocycles. The third-order valence-corrected chi connectivity index (χ3v) is 4.17. The Kier molecular flexibility index (Phi) is 8.13. The Morgan fingerprint density at radius 2 is 1.90 bits per heavy atom. The molecule has 0 spiro atoms. The second kappa shape index (κ2) is 9.32. The highest BCUT2D eigenvalue weighted by atomic mass is 35.5. The molecule has 0 aliphatic rings. The van der Waals surface area contributed by atoms with Crippen molar-refractivity contribution in [3.63, 3.8) is 0 Å². The van der Waals surface area contributed by atoms with Crippen LogP contribution in [0.4, 0.5) is 0 Å². The highest BCUT2D eigenvalue weighted by molar-refractivity contribution is 6.30. The molecular weight excluding hydrogens is 282 g/mol. The van der Waals surface area contributed by atoms with E-state index in [1.165, 1.54) is 18.4 Å². The van der Waals surface area contributed by atoms with E-state index in [4.69, 9.17) is 16.3 Å². The molecule has 2 atom stereocenters. The van der Waals surface area contributed by atoms with E-state index in [1.807, 2.05) is 12.1 Å². The molecule has 0 radical (unpaired) electrons. The van der Waals surface area contributed by atoms with Gasteiger partial charge in [0, 0.05) is 23.0 Å². The summed E-state index contributed by atoms with van der Waals surface area (Å²) in [5.74, 6) is 2.63. The minimum absolute atomic E-state index is 0.428. The Balaban J connectivity index is 2.96. The van der Waals surface area contributed by atoms with E-state index in [1.54, 1.807) is 7.11 Å². The molecule has 0 fully saturated rings. The van der Waals surface area contributed by atoms with E-state index in [-0.39, 0.29) is 0 Å². The van der Waals surface area contributed by atoms with E-state index in [2.05, 4.69) is 39.1 Å².